The van der Waals surface area contributed by atoms with E-state index in [1.807, 2.05) is 36.2 Å². The normalized spacial score (nSPS) is 10.2. The third-order valence-corrected chi connectivity index (χ3v) is 4.58. The van der Waals surface area contributed by atoms with Crippen molar-refractivity contribution < 1.29 is 9.53 Å². The molecule has 1 amide bonds. The summed E-state index contributed by atoms with van der Waals surface area (Å²) in [7, 11) is 3.64. The molecule has 0 saturated carbocycles. The van der Waals surface area contributed by atoms with Gasteiger partial charge in [0.1, 0.15) is 5.75 Å². The highest BCUT2D eigenvalue weighted by Crippen LogP contribution is 2.25. The Morgan fingerprint density at radius 2 is 1.87 bits per heavy atom. The van der Waals surface area contributed by atoms with Crippen molar-refractivity contribution in [2.75, 3.05) is 32.1 Å². The fraction of sp³-hybridized carbons (Fsp3) is 0.238. The quantitative estimate of drug-likeness (QED) is 0.307. The molecule has 10 heteroatoms. The molecule has 0 aliphatic carbocycles. The van der Waals surface area contributed by atoms with Gasteiger partial charge in [-0.25, -0.2) is 0 Å². The van der Waals surface area contributed by atoms with Gasteiger partial charge in [0.15, 0.2) is 5.82 Å². The second kappa shape index (κ2) is 10.0. The molecule has 0 N–H and O–H groups in total. The maximum atomic E-state index is 11.3. The first kappa shape index (κ1) is 21.5. The molecule has 0 saturated heterocycles. The lowest BCUT2D eigenvalue weighted by atomic mass is 10.1. The number of benzene rings is 1. The molecule has 0 unspecified atom stereocenters. The Labute approximate surface area is 179 Å². The molecule has 0 aliphatic heterocycles. The van der Waals surface area contributed by atoms with Crippen LogP contribution in [0.1, 0.15) is 6.92 Å². The van der Waals surface area contributed by atoms with Crippen LogP contribution in [-0.2, 0) is 4.79 Å². The highest BCUT2D eigenvalue weighted by molar-refractivity contribution is 5.72. The SMILES string of the molecule is CC(=O)N(C)CCN(C)c1cncc(Oc2ccc(-c3ccc(N=[N+]=[N-])cn3)cc2)n1. The Morgan fingerprint density at radius 1 is 1.10 bits per heavy atom. The van der Waals surface area contributed by atoms with Crippen molar-refractivity contribution in [3.05, 3.63) is 65.4 Å². The number of ether oxygens (including phenoxy) is 1. The average Bonchev–Trinajstić information content (AvgIpc) is 2.78. The lowest BCUT2D eigenvalue weighted by Gasteiger charge is -2.22. The molecule has 0 spiro atoms. The molecule has 0 atom stereocenters. The van der Waals surface area contributed by atoms with Crippen LogP contribution in [0.25, 0.3) is 21.7 Å². The lowest BCUT2D eigenvalue weighted by Crippen LogP contribution is -2.33. The molecule has 10 nitrogen and oxygen atoms in total. The summed E-state index contributed by atoms with van der Waals surface area (Å²) in [6.07, 6.45) is 4.71. The van der Waals surface area contributed by atoms with Crippen molar-refractivity contribution in [2.24, 2.45) is 5.11 Å². The number of carbonyl (C=O) groups excluding carboxylic acids is 1. The molecule has 0 radical (unpaired) electrons. The number of anilines is 1. The van der Waals surface area contributed by atoms with E-state index >= 15 is 0 Å². The number of carbonyl (C=O) groups is 1. The van der Waals surface area contributed by atoms with Gasteiger partial charge in [-0.05, 0) is 41.9 Å². The third kappa shape index (κ3) is 5.91. The van der Waals surface area contributed by atoms with Crippen molar-refractivity contribution in [1.82, 2.24) is 19.9 Å². The smallest absolute Gasteiger partial charge is 0.239 e. The zero-order valence-electron chi connectivity index (χ0n) is 17.5. The van der Waals surface area contributed by atoms with Crippen LogP contribution in [0, 0.1) is 0 Å². The van der Waals surface area contributed by atoms with Crippen LogP contribution in [-0.4, -0.2) is 52.9 Å². The zero-order chi connectivity index (χ0) is 22.2. The van der Waals surface area contributed by atoms with Gasteiger partial charge in [-0.15, -0.1) is 0 Å². The zero-order valence-corrected chi connectivity index (χ0v) is 17.5. The largest absolute Gasteiger partial charge is 0.437 e. The predicted octanol–water partition coefficient (Wildman–Crippen LogP) is 4.19. The number of nitrogens with zero attached hydrogens (tertiary/aromatic N) is 8. The Hall–Kier alpha value is -4.17. The summed E-state index contributed by atoms with van der Waals surface area (Å²) < 4.78 is 5.83. The summed E-state index contributed by atoms with van der Waals surface area (Å²) >= 11 is 0. The lowest BCUT2D eigenvalue weighted by molar-refractivity contribution is -0.127. The first-order valence-electron chi connectivity index (χ1n) is 9.50. The van der Waals surface area contributed by atoms with Crippen molar-refractivity contribution in [1.29, 1.82) is 0 Å². The number of hydrogen-bond donors (Lipinski definition) is 0. The molecule has 3 aromatic rings. The van der Waals surface area contributed by atoms with E-state index in [4.69, 9.17) is 10.3 Å². The van der Waals surface area contributed by atoms with E-state index in [1.54, 1.807) is 36.5 Å². The molecular weight excluding hydrogens is 396 g/mol. The van der Waals surface area contributed by atoms with E-state index < -0.39 is 0 Å². The van der Waals surface area contributed by atoms with E-state index in [9.17, 15) is 4.79 Å². The number of aromatic nitrogens is 3. The van der Waals surface area contributed by atoms with Gasteiger partial charge in [-0.3, -0.25) is 14.8 Å². The minimum Gasteiger partial charge on any atom is -0.437 e. The van der Waals surface area contributed by atoms with Gasteiger partial charge in [0.05, 0.1) is 23.8 Å². The second-order valence-electron chi connectivity index (χ2n) is 6.80. The Balaban J connectivity index is 1.65. The molecule has 2 aromatic heterocycles. The van der Waals surface area contributed by atoms with Crippen LogP contribution in [0.4, 0.5) is 11.5 Å². The van der Waals surface area contributed by atoms with Crippen LogP contribution in [0.2, 0.25) is 0 Å². The molecule has 1 aromatic carbocycles. The van der Waals surface area contributed by atoms with Crippen LogP contribution >= 0.6 is 0 Å². The summed E-state index contributed by atoms with van der Waals surface area (Å²) in [5.74, 6) is 1.64. The average molecular weight is 418 g/mol. The van der Waals surface area contributed by atoms with E-state index in [0.717, 1.165) is 11.3 Å². The molecule has 2 heterocycles. The minimum atomic E-state index is 0.0156. The maximum absolute atomic E-state index is 11.3. The van der Waals surface area contributed by atoms with Crippen LogP contribution in [0.3, 0.4) is 0 Å². The number of azide groups is 1. The van der Waals surface area contributed by atoms with Gasteiger partial charge in [0, 0.05) is 50.8 Å². The highest BCUT2D eigenvalue weighted by Gasteiger charge is 2.09. The van der Waals surface area contributed by atoms with E-state index in [0.29, 0.717) is 36.2 Å². The number of likely N-dealkylation sites (N-methyl/N-ethyl adjacent to an activating group) is 2. The van der Waals surface area contributed by atoms with Crippen LogP contribution in [0.5, 0.6) is 11.6 Å². The fourth-order valence-corrected chi connectivity index (χ4v) is 2.63. The molecule has 0 bridgehead atoms. The first-order valence-corrected chi connectivity index (χ1v) is 9.50. The molecule has 0 aliphatic rings. The molecular formula is C21H22N8O2. The summed E-state index contributed by atoms with van der Waals surface area (Å²) in [6.45, 7) is 2.74. The Morgan fingerprint density at radius 3 is 2.52 bits per heavy atom. The fourth-order valence-electron chi connectivity index (χ4n) is 2.63. The third-order valence-electron chi connectivity index (χ3n) is 4.58. The molecule has 3 rings (SSSR count). The Kier molecular flexibility index (Phi) is 6.97. The topological polar surface area (TPSA) is 120 Å². The van der Waals surface area contributed by atoms with Gasteiger partial charge in [0.2, 0.25) is 11.8 Å². The van der Waals surface area contributed by atoms with Gasteiger partial charge < -0.3 is 14.5 Å². The van der Waals surface area contributed by atoms with Gasteiger partial charge in [0.25, 0.3) is 0 Å². The Bertz CT molecular complexity index is 1080. The molecule has 31 heavy (non-hydrogen) atoms. The number of amides is 1. The van der Waals surface area contributed by atoms with Crippen molar-refractivity contribution in [2.45, 2.75) is 6.92 Å². The van der Waals surface area contributed by atoms with E-state index in [1.165, 1.54) is 13.1 Å². The summed E-state index contributed by atoms with van der Waals surface area (Å²) in [4.78, 5) is 30.6. The van der Waals surface area contributed by atoms with Gasteiger partial charge in [-0.1, -0.05) is 5.11 Å². The monoisotopic (exact) mass is 418 g/mol. The van der Waals surface area contributed by atoms with Crippen LogP contribution < -0.4 is 9.64 Å². The number of pyridine rings is 1. The van der Waals surface area contributed by atoms with Crippen molar-refractivity contribution in [3.8, 4) is 22.9 Å². The van der Waals surface area contributed by atoms with E-state index in [-0.39, 0.29) is 5.91 Å². The van der Waals surface area contributed by atoms with Crippen molar-refractivity contribution in [3.63, 3.8) is 0 Å². The van der Waals surface area contributed by atoms with Crippen molar-refractivity contribution >= 4 is 17.4 Å². The minimum absolute atomic E-state index is 0.0156. The standard InChI is InChI=1S/C21H22N8O2/c1-15(30)28(2)10-11-29(3)20-13-23-14-21(25-20)31-18-7-4-16(5-8-18)19-9-6-17(12-24-19)26-27-22/h4-9,12-14H,10-11H2,1-3H3. The summed E-state index contributed by atoms with van der Waals surface area (Å²) in [5, 5.41) is 3.51. The summed E-state index contributed by atoms with van der Waals surface area (Å²) in [5.41, 5.74) is 10.6. The van der Waals surface area contributed by atoms with E-state index in [2.05, 4.69) is 25.0 Å². The number of rotatable bonds is 8. The van der Waals surface area contributed by atoms with Gasteiger partial charge >= 0.3 is 0 Å². The van der Waals surface area contributed by atoms with Crippen LogP contribution in [0.15, 0.2) is 60.1 Å². The van der Waals surface area contributed by atoms with Gasteiger partial charge in [-0.2, -0.15) is 4.98 Å². The molecule has 0 fully saturated rings. The molecule has 158 valence electrons. The first-order chi connectivity index (χ1) is 15.0. The number of hydrogen-bond acceptors (Lipinski definition) is 7. The second-order valence-corrected chi connectivity index (χ2v) is 6.80. The predicted molar refractivity (Wildman–Crippen MR) is 117 cm³/mol. The summed E-state index contributed by atoms with van der Waals surface area (Å²) in [6, 6.07) is 10.9. The highest BCUT2D eigenvalue weighted by atomic mass is 16.5. The maximum Gasteiger partial charge on any atom is 0.239 e.